The summed E-state index contributed by atoms with van der Waals surface area (Å²) in [4.78, 5) is 87.3. The number of phenols is 2. The van der Waals surface area contributed by atoms with Crippen LogP contribution in [0.4, 0.5) is 5.13 Å². The molecule has 278 valence electrons. The van der Waals surface area contributed by atoms with E-state index in [0.29, 0.717) is 29.7 Å². The Balaban J connectivity index is 1.31. The number of ketones is 2. The topological polar surface area (TPSA) is 259 Å². The van der Waals surface area contributed by atoms with E-state index in [0.717, 1.165) is 36.3 Å². The Labute approximate surface area is 305 Å². The predicted molar refractivity (Wildman–Crippen MR) is 187 cm³/mol. The molecule has 3 aliphatic heterocycles. The highest BCUT2D eigenvalue weighted by atomic mass is 32.2. The minimum Gasteiger partial charge on any atom is -0.504 e. The molecule has 0 bridgehead atoms. The predicted octanol–water partition coefficient (Wildman–Crippen LogP) is 1.55. The summed E-state index contributed by atoms with van der Waals surface area (Å²) in [5.41, 5.74) is 4.01. The summed E-state index contributed by atoms with van der Waals surface area (Å²) in [6.07, 6.45) is 1.35. The Morgan fingerprint density at radius 2 is 1.83 bits per heavy atom. The smallest absolute Gasteiger partial charge is 0.352 e. The molecule has 3 atom stereocenters. The Bertz CT molecular complexity index is 1880. The van der Waals surface area contributed by atoms with Gasteiger partial charge >= 0.3 is 11.9 Å². The number of carboxylic acids is 2. The number of oxime groups is 1. The fraction of sp³-hybridized carbons (Fsp3) is 0.455. The summed E-state index contributed by atoms with van der Waals surface area (Å²) in [5, 5.41) is 46.0. The van der Waals surface area contributed by atoms with Crippen LogP contribution in [-0.4, -0.2) is 125 Å². The van der Waals surface area contributed by atoms with E-state index in [2.05, 4.69) is 15.5 Å². The SMILES string of the molecule is C[C@@H]1S[C@@H]2[C@H](CC(=O)/C(=N\OC(C)(C)C(=O)O)c3csc(N)n3)C(=O)N2C(C(=O)O)=C1C[N+]1(CCNC(=O)C(=O)c2ccc(O)c(O)c2)CCCC1. The molecule has 5 rings (SSSR count). The molecule has 2 fully saturated rings. The number of Topliss-reactive ketones (excluding diaryl/α,β-unsaturated/α-hetero) is 2. The first kappa shape index (κ1) is 38.2. The molecule has 2 aromatic rings. The molecular weight excluding hydrogens is 721 g/mol. The van der Waals surface area contributed by atoms with Gasteiger partial charge in [-0.15, -0.1) is 23.1 Å². The molecule has 2 saturated heterocycles. The van der Waals surface area contributed by atoms with E-state index in [1.54, 1.807) is 0 Å². The molecule has 0 spiro atoms. The summed E-state index contributed by atoms with van der Waals surface area (Å²) >= 11 is 2.38. The summed E-state index contributed by atoms with van der Waals surface area (Å²) in [6, 6.07) is 3.33. The van der Waals surface area contributed by atoms with Crippen molar-refractivity contribution < 1.29 is 58.5 Å². The van der Waals surface area contributed by atoms with Crippen LogP contribution in [0.1, 0.15) is 56.1 Å². The number of carbonyl (C=O) groups excluding carboxylic acids is 4. The van der Waals surface area contributed by atoms with Crippen LogP contribution in [0.3, 0.4) is 0 Å². The first-order chi connectivity index (χ1) is 24.4. The van der Waals surface area contributed by atoms with Gasteiger partial charge in [0.05, 0.1) is 37.5 Å². The number of nitrogens with zero attached hydrogens (tertiary/aromatic N) is 4. The number of hydrogen-bond donors (Lipinski definition) is 6. The highest BCUT2D eigenvalue weighted by Crippen LogP contribution is 2.49. The molecule has 1 aromatic carbocycles. The second kappa shape index (κ2) is 14.9. The van der Waals surface area contributed by atoms with Crippen molar-refractivity contribution in [3.63, 3.8) is 0 Å². The van der Waals surface area contributed by atoms with Gasteiger partial charge in [0, 0.05) is 41.0 Å². The number of carboxylic acid groups (broad SMARTS) is 2. The number of thioether (sulfide) groups is 1. The molecule has 0 radical (unpaired) electrons. The van der Waals surface area contributed by atoms with Crippen molar-refractivity contribution in [2.24, 2.45) is 11.1 Å². The average molecular weight is 760 g/mol. The summed E-state index contributed by atoms with van der Waals surface area (Å²) < 4.78 is 0.420. The second-order valence-electron chi connectivity index (χ2n) is 13.4. The zero-order valence-electron chi connectivity index (χ0n) is 28.5. The number of fused-ring (bicyclic) bond motifs is 1. The van der Waals surface area contributed by atoms with Crippen molar-refractivity contribution in [3.05, 3.63) is 46.1 Å². The number of β-lactam (4-membered cyclic amide) rings is 1. The van der Waals surface area contributed by atoms with Crippen molar-refractivity contribution in [2.45, 2.75) is 56.3 Å². The maximum atomic E-state index is 13.6. The fourth-order valence-corrected chi connectivity index (χ4v) is 8.48. The van der Waals surface area contributed by atoms with Crippen LogP contribution in [0.2, 0.25) is 0 Å². The standard InChI is InChI=1S/C33H38N6O11S2/c1-16-19(14-39(9-4-5-10-39)11-8-35-27(44)26(43)17-6-7-21(40)22(41)12-17)25(30(46)47)38-28(45)18(29(38)52-16)13-23(42)24(20-15-51-32(34)36-20)37-50-33(2,3)31(48)49/h6-7,12,15-16,18,29H,4-5,8-11,13-14H2,1-3H3,(H6-,34,35,36,37,40,41,42,43,44,46,47,48,49)/p+1/t16-,18+,29+/m0/s1. The summed E-state index contributed by atoms with van der Waals surface area (Å²) in [5.74, 6) is -7.48. The lowest BCUT2D eigenvalue weighted by Gasteiger charge is -2.51. The molecule has 4 heterocycles. The molecule has 19 heteroatoms. The molecule has 0 aliphatic carbocycles. The number of anilines is 1. The number of aliphatic carboxylic acids is 2. The molecule has 0 saturated carbocycles. The number of nitrogen functional groups attached to an aromatic ring is 1. The number of likely N-dealkylation sites (tertiary alicyclic amines) is 1. The van der Waals surface area contributed by atoms with Crippen molar-refractivity contribution in [1.82, 2.24) is 15.2 Å². The van der Waals surface area contributed by atoms with Gasteiger partial charge in [-0.1, -0.05) is 5.16 Å². The number of rotatable bonds is 15. The number of quaternary nitrogens is 1. The van der Waals surface area contributed by atoms with E-state index in [1.165, 1.54) is 42.0 Å². The Kier molecular flexibility index (Phi) is 11.0. The van der Waals surface area contributed by atoms with Crippen LogP contribution in [-0.2, 0) is 28.8 Å². The number of aromatic hydroxyl groups is 2. The lowest BCUT2D eigenvalue weighted by atomic mass is 9.88. The Morgan fingerprint density at radius 1 is 1.13 bits per heavy atom. The van der Waals surface area contributed by atoms with E-state index < -0.39 is 63.7 Å². The minimum absolute atomic E-state index is 0.0511. The third-order valence-electron chi connectivity index (χ3n) is 9.39. The largest absolute Gasteiger partial charge is 0.504 e. The van der Waals surface area contributed by atoms with Gasteiger partial charge in [0.25, 0.3) is 5.91 Å². The second-order valence-corrected chi connectivity index (χ2v) is 15.7. The van der Waals surface area contributed by atoms with E-state index in [-0.39, 0.29) is 52.6 Å². The van der Waals surface area contributed by atoms with Crippen LogP contribution in [0.15, 0.2) is 40.0 Å². The fourth-order valence-electron chi connectivity index (χ4n) is 6.43. The lowest BCUT2D eigenvalue weighted by molar-refractivity contribution is -0.911. The number of nitrogens with two attached hydrogens (primary N) is 1. The molecule has 52 heavy (non-hydrogen) atoms. The number of amides is 2. The summed E-state index contributed by atoms with van der Waals surface area (Å²) in [7, 11) is 0. The van der Waals surface area contributed by atoms with Gasteiger partial charge in [0.15, 0.2) is 28.1 Å². The van der Waals surface area contributed by atoms with Crippen LogP contribution in [0.25, 0.3) is 0 Å². The van der Waals surface area contributed by atoms with Gasteiger partial charge in [-0.05, 0) is 39.0 Å². The first-order valence-electron chi connectivity index (χ1n) is 16.3. The number of aromatic nitrogens is 1. The molecule has 17 nitrogen and oxygen atoms in total. The van der Waals surface area contributed by atoms with E-state index in [1.807, 2.05) is 6.92 Å². The first-order valence-corrected chi connectivity index (χ1v) is 18.2. The highest BCUT2D eigenvalue weighted by molar-refractivity contribution is 8.00. The molecular formula is C33H39N6O11S2+. The van der Waals surface area contributed by atoms with E-state index in [9.17, 15) is 49.2 Å². The normalized spacial score (nSPS) is 21.3. The van der Waals surface area contributed by atoms with Crippen LogP contribution >= 0.6 is 23.1 Å². The average Bonchev–Trinajstić information content (AvgIpc) is 3.74. The van der Waals surface area contributed by atoms with Gasteiger partial charge in [-0.2, -0.15) is 0 Å². The van der Waals surface area contributed by atoms with Gasteiger partial charge in [-0.3, -0.25) is 24.1 Å². The molecule has 1 aromatic heterocycles. The number of hydrogen-bond acceptors (Lipinski definition) is 14. The third-order valence-corrected chi connectivity index (χ3v) is 11.6. The van der Waals surface area contributed by atoms with Crippen LogP contribution in [0.5, 0.6) is 11.5 Å². The quantitative estimate of drug-likeness (QED) is 0.0287. The Morgan fingerprint density at radius 3 is 2.42 bits per heavy atom. The molecule has 3 aliphatic rings. The maximum Gasteiger partial charge on any atom is 0.352 e. The van der Waals surface area contributed by atoms with Gasteiger partial charge in [-0.25, -0.2) is 14.6 Å². The van der Waals surface area contributed by atoms with Crippen molar-refractivity contribution in [3.8, 4) is 11.5 Å². The number of thiazole rings is 1. The van der Waals surface area contributed by atoms with Gasteiger partial charge < -0.3 is 40.8 Å². The third kappa shape index (κ3) is 7.75. The highest BCUT2D eigenvalue weighted by Gasteiger charge is 2.56. The minimum atomic E-state index is -1.78. The zero-order valence-corrected chi connectivity index (χ0v) is 30.2. The van der Waals surface area contributed by atoms with Gasteiger partial charge in [0.1, 0.15) is 17.9 Å². The van der Waals surface area contributed by atoms with E-state index in [4.69, 9.17) is 10.6 Å². The number of phenolic OH excluding ortho intramolecular Hbond substituents is 2. The number of carbonyl (C=O) groups is 6. The van der Waals surface area contributed by atoms with Gasteiger partial charge in [0.2, 0.25) is 17.3 Å². The van der Waals surface area contributed by atoms with Crippen molar-refractivity contribution >= 4 is 69.3 Å². The molecule has 0 unspecified atom stereocenters. The number of nitrogens with one attached hydrogen (secondary N) is 1. The number of benzene rings is 1. The van der Waals surface area contributed by atoms with Crippen LogP contribution in [0, 0.1) is 5.92 Å². The lowest BCUT2D eigenvalue weighted by Crippen LogP contribution is -2.63. The Hall–Kier alpha value is -5.01. The maximum absolute atomic E-state index is 13.6. The molecule has 2 amide bonds. The summed E-state index contributed by atoms with van der Waals surface area (Å²) in [6.45, 7) is 6.47. The van der Waals surface area contributed by atoms with E-state index >= 15 is 0 Å². The van der Waals surface area contributed by atoms with Crippen molar-refractivity contribution in [2.75, 3.05) is 38.5 Å². The van der Waals surface area contributed by atoms with Crippen molar-refractivity contribution in [1.29, 1.82) is 0 Å². The monoisotopic (exact) mass is 759 g/mol. The zero-order chi connectivity index (χ0) is 38.1. The molecule has 7 N–H and O–H groups in total. The van der Waals surface area contributed by atoms with Crippen LogP contribution < -0.4 is 11.1 Å².